The molecule has 0 saturated heterocycles. The minimum atomic E-state index is -3.92. The van der Waals surface area contributed by atoms with Crippen LogP contribution in [0.2, 0.25) is 0 Å². The van der Waals surface area contributed by atoms with Crippen LogP contribution in [0.5, 0.6) is 0 Å². The Morgan fingerprint density at radius 2 is 2.00 bits per heavy atom. The molecule has 0 aromatic carbocycles. The zero-order valence-electron chi connectivity index (χ0n) is 11.1. The Balaban J connectivity index is 4.31. The predicted molar refractivity (Wildman–Crippen MR) is 69.2 cm³/mol. The molecule has 0 radical (unpaired) electrons. The SMILES string of the molecule is CCCCC(CN)NS(=O)(=O)NC(=O)OC(C)C. The molecular weight excluding hydrogens is 258 g/mol. The third kappa shape index (κ3) is 8.26. The molecular formula is C10H23N3O4S. The van der Waals surface area contributed by atoms with E-state index in [0.717, 1.165) is 12.8 Å². The standard InChI is InChI=1S/C10H23N3O4S/c1-4-5-6-9(7-11)12-18(15,16)13-10(14)17-8(2)3/h8-9,12H,4-7,11H2,1-3H3,(H,13,14). The summed E-state index contributed by atoms with van der Waals surface area (Å²) in [7, 11) is -3.92. The van der Waals surface area contributed by atoms with Crippen molar-refractivity contribution in [2.75, 3.05) is 6.54 Å². The summed E-state index contributed by atoms with van der Waals surface area (Å²) < 4.78 is 31.9. The lowest BCUT2D eigenvalue weighted by molar-refractivity contribution is 0.121. The highest BCUT2D eigenvalue weighted by Crippen LogP contribution is 2.00. The van der Waals surface area contributed by atoms with Crippen LogP contribution >= 0.6 is 0 Å². The summed E-state index contributed by atoms with van der Waals surface area (Å²) in [6.07, 6.45) is 1.06. The number of carbonyl (C=O) groups excluding carboxylic acids is 1. The second-order valence-corrected chi connectivity index (χ2v) is 5.70. The summed E-state index contributed by atoms with van der Waals surface area (Å²) in [5.74, 6) is 0. The van der Waals surface area contributed by atoms with Crippen molar-refractivity contribution < 1.29 is 17.9 Å². The molecule has 108 valence electrons. The van der Waals surface area contributed by atoms with E-state index in [1.807, 2.05) is 6.92 Å². The van der Waals surface area contributed by atoms with Crippen LogP contribution in [-0.2, 0) is 14.9 Å². The Kier molecular flexibility index (Phi) is 7.88. The number of hydrogen-bond acceptors (Lipinski definition) is 5. The molecule has 0 bridgehead atoms. The fraction of sp³-hybridized carbons (Fsp3) is 0.900. The van der Waals surface area contributed by atoms with E-state index in [9.17, 15) is 13.2 Å². The molecule has 8 heteroatoms. The summed E-state index contributed by atoms with van der Waals surface area (Å²) >= 11 is 0. The fourth-order valence-electron chi connectivity index (χ4n) is 1.27. The van der Waals surface area contributed by atoms with E-state index >= 15 is 0 Å². The van der Waals surface area contributed by atoms with Gasteiger partial charge in [0.1, 0.15) is 0 Å². The zero-order valence-corrected chi connectivity index (χ0v) is 11.9. The van der Waals surface area contributed by atoms with Crippen molar-refractivity contribution in [2.24, 2.45) is 5.73 Å². The largest absolute Gasteiger partial charge is 0.446 e. The molecule has 4 N–H and O–H groups in total. The topological polar surface area (TPSA) is 111 Å². The minimum absolute atomic E-state index is 0.181. The summed E-state index contributed by atoms with van der Waals surface area (Å²) in [6, 6.07) is -0.380. The van der Waals surface area contributed by atoms with E-state index in [1.54, 1.807) is 18.6 Å². The first kappa shape index (κ1) is 17.1. The predicted octanol–water partition coefficient (Wildman–Crippen LogP) is 0.473. The van der Waals surface area contributed by atoms with Gasteiger partial charge in [-0.1, -0.05) is 19.8 Å². The maximum atomic E-state index is 11.6. The van der Waals surface area contributed by atoms with Gasteiger partial charge < -0.3 is 10.5 Å². The van der Waals surface area contributed by atoms with Gasteiger partial charge >= 0.3 is 16.3 Å². The molecule has 0 aliphatic heterocycles. The van der Waals surface area contributed by atoms with Crippen molar-refractivity contribution >= 4 is 16.3 Å². The molecule has 0 fully saturated rings. The molecule has 0 heterocycles. The van der Waals surface area contributed by atoms with Gasteiger partial charge in [0.15, 0.2) is 0 Å². The fourth-order valence-corrected chi connectivity index (χ4v) is 2.25. The summed E-state index contributed by atoms with van der Waals surface area (Å²) in [4.78, 5) is 11.2. The van der Waals surface area contributed by atoms with Crippen LogP contribution in [0.15, 0.2) is 0 Å². The third-order valence-electron chi connectivity index (χ3n) is 2.07. The Bertz CT molecular complexity index is 343. The van der Waals surface area contributed by atoms with Gasteiger partial charge in [-0.05, 0) is 20.3 Å². The van der Waals surface area contributed by atoms with E-state index in [0.29, 0.717) is 6.42 Å². The van der Waals surface area contributed by atoms with Crippen molar-refractivity contribution in [3.8, 4) is 0 Å². The number of ether oxygens (including phenoxy) is 1. The van der Waals surface area contributed by atoms with Crippen LogP contribution < -0.4 is 15.2 Å². The summed E-state index contributed by atoms with van der Waals surface area (Å²) in [5.41, 5.74) is 5.46. The van der Waals surface area contributed by atoms with E-state index < -0.39 is 16.3 Å². The average Bonchev–Trinajstić information content (AvgIpc) is 2.21. The van der Waals surface area contributed by atoms with E-state index in [-0.39, 0.29) is 18.7 Å². The molecule has 1 unspecified atom stereocenters. The first-order valence-corrected chi connectivity index (χ1v) is 7.49. The van der Waals surface area contributed by atoms with Crippen molar-refractivity contribution in [1.82, 2.24) is 9.44 Å². The highest BCUT2D eigenvalue weighted by Gasteiger charge is 2.20. The van der Waals surface area contributed by atoms with E-state index in [4.69, 9.17) is 5.73 Å². The van der Waals surface area contributed by atoms with Crippen molar-refractivity contribution in [3.63, 3.8) is 0 Å². The Morgan fingerprint density at radius 3 is 2.44 bits per heavy atom. The molecule has 0 aromatic heterocycles. The summed E-state index contributed by atoms with van der Waals surface area (Å²) in [5, 5.41) is 0. The Hall–Kier alpha value is -0.860. The lowest BCUT2D eigenvalue weighted by Gasteiger charge is -2.17. The number of nitrogens with two attached hydrogens (primary N) is 1. The third-order valence-corrected chi connectivity index (χ3v) is 3.15. The Morgan fingerprint density at radius 1 is 1.39 bits per heavy atom. The van der Waals surface area contributed by atoms with Crippen molar-refractivity contribution in [2.45, 2.75) is 52.2 Å². The monoisotopic (exact) mass is 281 g/mol. The first-order chi connectivity index (χ1) is 8.30. The lowest BCUT2D eigenvalue weighted by atomic mass is 10.1. The maximum Gasteiger partial charge on any atom is 0.422 e. The zero-order chi connectivity index (χ0) is 14.2. The second-order valence-electron chi connectivity index (χ2n) is 4.25. The molecule has 0 aliphatic carbocycles. The minimum Gasteiger partial charge on any atom is -0.446 e. The molecule has 0 spiro atoms. The molecule has 1 amide bonds. The van der Waals surface area contributed by atoms with Crippen LogP contribution in [0.3, 0.4) is 0 Å². The normalized spacial score (nSPS) is 13.4. The van der Waals surface area contributed by atoms with Crippen LogP contribution in [0.4, 0.5) is 4.79 Å². The van der Waals surface area contributed by atoms with Crippen LogP contribution in [0.25, 0.3) is 0 Å². The van der Waals surface area contributed by atoms with Crippen molar-refractivity contribution in [1.29, 1.82) is 0 Å². The summed E-state index contributed by atoms with van der Waals surface area (Å²) in [6.45, 7) is 5.44. The van der Waals surface area contributed by atoms with Gasteiger partial charge in [0.05, 0.1) is 6.10 Å². The maximum absolute atomic E-state index is 11.6. The molecule has 0 saturated carbocycles. The van der Waals surface area contributed by atoms with Crippen LogP contribution in [0.1, 0.15) is 40.0 Å². The van der Waals surface area contributed by atoms with Gasteiger partial charge in [0.2, 0.25) is 0 Å². The first-order valence-electron chi connectivity index (χ1n) is 6.01. The van der Waals surface area contributed by atoms with Gasteiger partial charge in [0, 0.05) is 12.6 Å². The van der Waals surface area contributed by atoms with Gasteiger partial charge in [-0.3, -0.25) is 0 Å². The number of nitrogens with one attached hydrogen (secondary N) is 2. The quantitative estimate of drug-likeness (QED) is 0.599. The lowest BCUT2D eigenvalue weighted by Crippen LogP contribution is -2.48. The van der Waals surface area contributed by atoms with Gasteiger partial charge in [-0.15, -0.1) is 0 Å². The van der Waals surface area contributed by atoms with Gasteiger partial charge in [-0.2, -0.15) is 13.1 Å². The smallest absolute Gasteiger partial charge is 0.422 e. The van der Waals surface area contributed by atoms with Crippen LogP contribution in [-0.4, -0.2) is 33.2 Å². The highest BCUT2D eigenvalue weighted by atomic mass is 32.2. The van der Waals surface area contributed by atoms with Crippen molar-refractivity contribution in [3.05, 3.63) is 0 Å². The second kappa shape index (κ2) is 8.28. The molecule has 0 aromatic rings. The highest BCUT2D eigenvalue weighted by molar-refractivity contribution is 7.88. The number of amides is 1. The van der Waals surface area contributed by atoms with Crippen LogP contribution in [0, 0.1) is 0 Å². The van der Waals surface area contributed by atoms with Gasteiger partial charge in [0.25, 0.3) is 0 Å². The number of carbonyl (C=O) groups is 1. The molecule has 18 heavy (non-hydrogen) atoms. The van der Waals surface area contributed by atoms with E-state index in [2.05, 4.69) is 9.46 Å². The Labute approximate surface area is 109 Å². The molecule has 7 nitrogen and oxygen atoms in total. The number of rotatable bonds is 8. The molecule has 1 atom stereocenters. The number of hydrogen-bond donors (Lipinski definition) is 3. The number of unbranched alkanes of at least 4 members (excludes halogenated alkanes) is 1. The average molecular weight is 281 g/mol. The van der Waals surface area contributed by atoms with E-state index in [1.165, 1.54) is 0 Å². The molecule has 0 aliphatic rings. The van der Waals surface area contributed by atoms with Gasteiger partial charge in [-0.25, -0.2) is 9.52 Å². The molecule has 0 rings (SSSR count).